The van der Waals surface area contributed by atoms with Gasteiger partial charge in [-0.15, -0.1) is 0 Å². The molecule has 0 aliphatic carbocycles. The van der Waals surface area contributed by atoms with E-state index < -0.39 is 0 Å². The lowest BCUT2D eigenvalue weighted by molar-refractivity contribution is 0.100. The van der Waals surface area contributed by atoms with Crippen LogP contribution in [0, 0.1) is 0 Å². The number of aromatic nitrogens is 2. The highest BCUT2D eigenvalue weighted by Crippen LogP contribution is 2.08. The van der Waals surface area contributed by atoms with Crippen LogP contribution in [0.3, 0.4) is 0 Å². The number of carbonyl (C=O) groups excluding carboxylic acids is 1. The molecule has 0 aliphatic heterocycles. The molecule has 4 heteroatoms. The summed E-state index contributed by atoms with van der Waals surface area (Å²) >= 11 is 5.53. The van der Waals surface area contributed by atoms with Crippen molar-refractivity contribution in [1.82, 2.24) is 9.78 Å². The first kappa shape index (κ1) is 7.28. The highest BCUT2D eigenvalue weighted by molar-refractivity contribution is 6.29. The van der Waals surface area contributed by atoms with Gasteiger partial charge in [-0.1, -0.05) is 11.6 Å². The standard InChI is InChI=1S/C6H7ClN2O/c1-4(10)5-3-6(7)8-9(5)2/h3H,1-2H3. The van der Waals surface area contributed by atoms with Gasteiger partial charge in [0, 0.05) is 20.0 Å². The van der Waals surface area contributed by atoms with E-state index in [4.69, 9.17) is 11.6 Å². The summed E-state index contributed by atoms with van der Waals surface area (Å²) in [5, 5.41) is 4.15. The topological polar surface area (TPSA) is 34.9 Å². The molecule has 0 atom stereocenters. The van der Waals surface area contributed by atoms with Crippen LogP contribution in [0.2, 0.25) is 5.15 Å². The van der Waals surface area contributed by atoms with Crippen molar-refractivity contribution in [2.24, 2.45) is 7.05 Å². The van der Waals surface area contributed by atoms with Crippen molar-refractivity contribution in [2.75, 3.05) is 0 Å². The Hall–Kier alpha value is -0.830. The van der Waals surface area contributed by atoms with Crippen LogP contribution in [0.1, 0.15) is 17.4 Å². The highest BCUT2D eigenvalue weighted by atomic mass is 35.5. The van der Waals surface area contributed by atoms with Gasteiger partial charge in [-0.3, -0.25) is 9.48 Å². The molecule has 0 amide bonds. The van der Waals surface area contributed by atoms with Crippen LogP contribution in [0.4, 0.5) is 0 Å². The number of halogens is 1. The van der Waals surface area contributed by atoms with Crippen LogP contribution in [0.25, 0.3) is 0 Å². The summed E-state index contributed by atoms with van der Waals surface area (Å²) in [5.41, 5.74) is 0.532. The van der Waals surface area contributed by atoms with E-state index >= 15 is 0 Å². The molecule has 0 aliphatic rings. The lowest BCUT2D eigenvalue weighted by atomic mass is 10.3. The van der Waals surface area contributed by atoms with E-state index in [1.165, 1.54) is 11.6 Å². The second-order valence-corrected chi connectivity index (χ2v) is 2.42. The summed E-state index contributed by atoms with van der Waals surface area (Å²) in [6, 6.07) is 1.55. The number of carbonyl (C=O) groups is 1. The number of rotatable bonds is 1. The molecule has 1 aromatic rings. The van der Waals surface area contributed by atoms with Crippen molar-refractivity contribution < 1.29 is 4.79 Å². The van der Waals surface area contributed by atoms with Gasteiger partial charge >= 0.3 is 0 Å². The van der Waals surface area contributed by atoms with E-state index in [9.17, 15) is 4.79 Å². The third-order valence-corrected chi connectivity index (χ3v) is 1.40. The zero-order chi connectivity index (χ0) is 7.72. The van der Waals surface area contributed by atoms with Gasteiger partial charge in [-0.2, -0.15) is 5.10 Å². The Balaban J connectivity index is 3.15. The molecule has 1 aromatic heterocycles. The van der Waals surface area contributed by atoms with Crippen molar-refractivity contribution in [3.63, 3.8) is 0 Å². The van der Waals surface area contributed by atoms with Gasteiger partial charge in [-0.25, -0.2) is 0 Å². The Bertz CT molecular complexity index is 267. The molecule has 0 radical (unpaired) electrons. The first-order valence-electron chi connectivity index (χ1n) is 2.81. The van der Waals surface area contributed by atoms with Gasteiger partial charge in [0.25, 0.3) is 0 Å². The van der Waals surface area contributed by atoms with Crippen LogP contribution in [0.15, 0.2) is 6.07 Å². The molecule has 0 unspecified atom stereocenters. The van der Waals surface area contributed by atoms with Crippen molar-refractivity contribution in [1.29, 1.82) is 0 Å². The van der Waals surface area contributed by atoms with E-state index in [0.29, 0.717) is 10.8 Å². The molecule has 1 rings (SSSR count). The number of ketones is 1. The Morgan fingerprint density at radius 3 is 2.60 bits per heavy atom. The molecule has 1 heterocycles. The van der Waals surface area contributed by atoms with Crippen molar-refractivity contribution in [3.8, 4) is 0 Å². The lowest BCUT2D eigenvalue weighted by Gasteiger charge is -1.92. The first-order valence-corrected chi connectivity index (χ1v) is 3.19. The van der Waals surface area contributed by atoms with Crippen molar-refractivity contribution in [2.45, 2.75) is 6.92 Å². The predicted octanol–water partition coefficient (Wildman–Crippen LogP) is 1.28. The van der Waals surface area contributed by atoms with E-state index in [0.717, 1.165) is 0 Å². The quantitative estimate of drug-likeness (QED) is 0.577. The van der Waals surface area contributed by atoms with Crippen LogP contribution in [-0.2, 0) is 7.05 Å². The van der Waals surface area contributed by atoms with Gasteiger partial charge in [0.1, 0.15) is 5.69 Å². The Kier molecular flexibility index (Phi) is 1.76. The maximum Gasteiger partial charge on any atom is 0.177 e. The highest BCUT2D eigenvalue weighted by Gasteiger charge is 2.05. The fraction of sp³-hybridized carbons (Fsp3) is 0.333. The van der Waals surface area contributed by atoms with Crippen molar-refractivity contribution in [3.05, 3.63) is 16.9 Å². The fourth-order valence-corrected chi connectivity index (χ4v) is 0.978. The smallest absolute Gasteiger partial charge is 0.177 e. The second-order valence-electron chi connectivity index (χ2n) is 2.03. The monoisotopic (exact) mass is 158 g/mol. The zero-order valence-electron chi connectivity index (χ0n) is 5.76. The molecule has 0 spiro atoms. The zero-order valence-corrected chi connectivity index (χ0v) is 6.51. The summed E-state index contributed by atoms with van der Waals surface area (Å²) in [4.78, 5) is 10.8. The molecule has 0 saturated carbocycles. The van der Waals surface area contributed by atoms with E-state index in [-0.39, 0.29) is 5.78 Å². The third-order valence-electron chi connectivity index (χ3n) is 1.21. The van der Waals surface area contributed by atoms with Gasteiger partial charge in [-0.05, 0) is 0 Å². The van der Waals surface area contributed by atoms with Gasteiger partial charge in [0.15, 0.2) is 10.9 Å². The Morgan fingerprint density at radius 1 is 1.80 bits per heavy atom. The SMILES string of the molecule is CC(=O)c1cc(Cl)nn1C. The average molecular weight is 159 g/mol. The molecule has 0 fully saturated rings. The minimum Gasteiger partial charge on any atom is -0.293 e. The number of hydrogen-bond donors (Lipinski definition) is 0. The molecule has 54 valence electrons. The average Bonchev–Trinajstić information content (AvgIpc) is 2.10. The van der Waals surface area contributed by atoms with Crippen LogP contribution < -0.4 is 0 Å². The number of hydrogen-bond acceptors (Lipinski definition) is 2. The molecule has 0 saturated heterocycles. The summed E-state index contributed by atoms with van der Waals surface area (Å²) < 4.78 is 1.46. The normalized spacial score (nSPS) is 9.90. The van der Waals surface area contributed by atoms with Crippen LogP contribution in [0.5, 0.6) is 0 Å². The number of Topliss-reactive ketones (excluding diaryl/α,β-unsaturated/α-hetero) is 1. The predicted molar refractivity (Wildman–Crippen MR) is 38.2 cm³/mol. The molecular formula is C6H7ClN2O. The first-order chi connectivity index (χ1) is 4.61. The molecule has 10 heavy (non-hydrogen) atoms. The summed E-state index contributed by atoms with van der Waals surface area (Å²) in [5.74, 6) is -0.0260. The van der Waals surface area contributed by atoms with Crippen LogP contribution >= 0.6 is 11.6 Å². The molecule has 0 aromatic carbocycles. The summed E-state index contributed by atoms with van der Waals surface area (Å²) in [7, 11) is 1.68. The van der Waals surface area contributed by atoms with E-state index in [1.54, 1.807) is 13.1 Å². The maximum absolute atomic E-state index is 10.8. The molecule has 3 nitrogen and oxygen atoms in total. The number of nitrogens with zero attached hydrogens (tertiary/aromatic N) is 2. The Labute approximate surface area is 63.6 Å². The fourth-order valence-electron chi connectivity index (χ4n) is 0.762. The molecule has 0 bridgehead atoms. The maximum atomic E-state index is 10.8. The minimum atomic E-state index is -0.0260. The van der Waals surface area contributed by atoms with Gasteiger partial charge < -0.3 is 0 Å². The van der Waals surface area contributed by atoms with Crippen molar-refractivity contribution >= 4 is 17.4 Å². The second kappa shape index (κ2) is 2.42. The van der Waals surface area contributed by atoms with Gasteiger partial charge in [0.05, 0.1) is 0 Å². The summed E-state index contributed by atoms with van der Waals surface area (Å²) in [6.45, 7) is 1.48. The third kappa shape index (κ3) is 1.19. The lowest BCUT2D eigenvalue weighted by Crippen LogP contribution is -2.02. The van der Waals surface area contributed by atoms with Crippen LogP contribution in [-0.4, -0.2) is 15.6 Å². The number of aryl methyl sites for hydroxylation is 1. The Morgan fingerprint density at radius 2 is 2.40 bits per heavy atom. The molecule has 0 N–H and O–H groups in total. The largest absolute Gasteiger partial charge is 0.293 e. The van der Waals surface area contributed by atoms with E-state index in [1.807, 2.05) is 0 Å². The summed E-state index contributed by atoms with van der Waals surface area (Å²) in [6.07, 6.45) is 0. The van der Waals surface area contributed by atoms with E-state index in [2.05, 4.69) is 5.10 Å². The molecular weight excluding hydrogens is 152 g/mol. The van der Waals surface area contributed by atoms with Gasteiger partial charge in [0.2, 0.25) is 0 Å². The minimum absolute atomic E-state index is 0.0260.